The van der Waals surface area contributed by atoms with Gasteiger partial charge in [0, 0.05) is 23.9 Å². The molecule has 1 heterocycles. The maximum atomic E-state index is 12.6. The van der Waals surface area contributed by atoms with Gasteiger partial charge in [0.05, 0.1) is 6.54 Å². The zero-order chi connectivity index (χ0) is 21.5. The van der Waals surface area contributed by atoms with Gasteiger partial charge in [-0.3, -0.25) is 14.4 Å². The molecule has 2 amide bonds. The molecule has 2 N–H and O–H groups in total. The molecule has 2 aromatic carbocycles. The third kappa shape index (κ3) is 5.88. The van der Waals surface area contributed by atoms with E-state index in [1.165, 1.54) is 16.8 Å². The lowest BCUT2D eigenvalue weighted by molar-refractivity contribution is -0.116. The maximum absolute atomic E-state index is 12.6. The molecule has 0 unspecified atom stereocenters. The van der Waals surface area contributed by atoms with Crippen LogP contribution in [-0.2, 0) is 11.3 Å². The normalized spacial score (nSPS) is 10.6. The Bertz CT molecular complexity index is 1070. The van der Waals surface area contributed by atoms with Gasteiger partial charge in [-0.2, -0.15) is 5.10 Å². The number of rotatable bonds is 7. The van der Waals surface area contributed by atoms with Crippen LogP contribution in [0.2, 0.25) is 0 Å². The van der Waals surface area contributed by atoms with Crippen molar-refractivity contribution in [3.63, 3.8) is 0 Å². The largest absolute Gasteiger partial charge is 0.326 e. The fourth-order valence-corrected chi connectivity index (χ4v) is 2.85. The number of nitrogens with one attached hydrogen (secondary N) is 2. The van der Waals surface area contributed by atoms with E-state index in [1.54, 1.807) is 24.3 Å². The first-order valence-electron chi connectivity index (χ1n) is 9.74. The molecular weight excluding hydrogens is 380 g/mol. The molecule has 0 aliphatic rings. The van der Waals surface area contributed by atoms with E-state index in [0.717, 1.165) is 5.56 Å². The van der Waals surface area contributed by atoms with Crippen LogP contribution in [0.5, 0.6) is 0 Å². The molecule has 7 heteroatoms. The molecule has 0 aliphatic carbocycles. The van der Waals surface area contributed by atoms with E-state index in [0.29, 0.717) is 17.8 Å². The quantitative estimate of drug-likeness (QED) is 0.630. The van der Waals surface area contributed by atoms with Crippen LogP contribution in [0.1, 0.15) is 36.3 Å². The van der Waals surface area contributed by atoms with Crippen molar-refractivity contribution in [2.45, 2.75) is 26.8 Å². The Kier molecular flexibility index (Phi) is 6.75. The molecule has 3 aromatic rings. The summed E-state index contributed by atoms with van der Waals surface area (Å²) in [6, 6.07) is 19.0. The summed E-state index contributed by atoms with van der Waals surface area (Å²) in [7, 11) is 0. The lowest BCUT2D eigenvalue weighted by Crippen LogP contribution is -2.26. The third-order valence-electron chi connectivity index (χ3n) is 4.29. The molecule has 0 spiro atoms. The summed E-state index contributed by atoms with van der Waals surface area (Å²) in [5, 5.41) is 9.76. The molecule has 1 aromatic heterocycles. The lowest BCUT2D eigenvalue weighted by atomic mass is 10.1. The van der Waals surface area contributed by atoms with Crippen LogP contribution < -0.4 is 16.2 Å². The van der Waals surface area contributed by atoms with Crippen molar-refractivity contribution in [2.75, 3.05) is 10.6 Å². The Labute approximate surface area is 174 Å². The number of amides is 2. The van der Waals surface area contributed by atoms with Crippen molar-refractivity contribution in [1.29, 1.82) is 0 Å². The fraction of sp³-hybridized carbons (Fsp3) is 0.217. The second kappa shape index (κ2) is 9.65. The van der Waals surface area contributed by atoms with Gasteiger partial charge in [0.15, 0.2) is 0 Å². The minimum absolute atomic E-state index is 0.0494. The van der Waals surface area contributed by atoms with Crippen molar-refractivity contribution in [3.8, 4) is 0 Å². The van der Waals surface area contributed by atoms with Gasteiger partial charge in [0.1, 0.15) is 5.69 Å². The monoisotopic (exact) mass is 404 g/mol. The van der Waals surface area contributed by atoms with Crippen LogP contribution in [0.15, 0.2) is 71.5 Å². The zero-order valence-corrected chi connectivity index (χ0v) is 17.0. The highest BCUT2D eigenvalue weighted by Gasteiger charge is 2.11. The summed E-state index contributed by atoms with van der Waals surface area (Å²) < 4.78 is 1.26. The standard InChI is InChI=1S/C23H24N4O3/c1-16(2)14-21(28)24-18-8-10-19(11-9-18)25-23(30)20-12-13-22(29)27(26-20)15-17-6-4-3-5-7-17/h3-13,16H,14-15H2,1-2H3,(H,24,28)(H,25,30). The van der Waals surface area contributed by atoms with E-state index < -0.39 is 5.91 Å². The number of anilines is 2. The number of hydrogen-bond donors (Lipinski definition) is 2. The molecule has 0 bridgehead atoms. The van der Waals surface area contributed by atoms with Crippen LogP contribution in [0, 0.1) is 5.92 Å². The Hall–Kier alpha value is -3.74. The molecule has 0 aliphatic heterocycles. The van der Waals surface area contributed by atoms with E-state index in [-0.39, 0.29) is 29.6 Å². The average molecular weight is 404 g/mol. The summed E-state index contributed by atoms with van der Waals surface area (Å²) in [5.74, 6) is -0.193. The van der Waals surface area contributed by atoms with E-state index in [1.807, 2.05) is 44.2 Å². The smallest absolute Gasteiger partial charge is 0.276 e. The first-order valence-corrected chi connectivity index (χ1v) is 9.74. The number of hydrogen-bond acceptors (Lipinski definition) is 4. The topological polar surface area (TPSA) is 93.1 Å². The van der Waals surface area contributed by atoms with Crippen LogP contribution in [0.3, 0.4) is 0 Å². The maximum Gasteiger partial charge on any atom is 0.276 e. The Balaban J connectivity index is 1.66. The zero-order valence-electron chi connectivity index (χ0n) is 17.0. The molecule has 30 heavy (non-hydrogen) atoms. The van der Waals surface area contributed by atoms with E-state index in [4.69, 9.17) is 0 Å². The highest BCUT2D eigenvalue weighted by molar-refractivity contribution is 6.02. The van der Waals surface area contributed by atoms with E-state index in [9.17, 15) is 14.4 Å². The number of aromatic nitrogens is 2. The lowest BCUT2D eigenvalue weighted by Gasteiger charge is -2.10. The van der Waals surface area contributed by atoms with Gasteiger partial charge in [0.2, 0.25) is 5.91 Å². The summed E-state index contributed by atoms with van der Waals surface area (Å²) in [6.07, 6.45) is 0.447. The van der Waals surface area contributed by atoms with Crippen LogP contribution in [0.4, 0.5) is 11.4 Å². The predicted molar refractivity (Wildman–Crippen MR) is 117 cm³/mol. The van der Waals surface area contributed by atoms with Crippen LogP contribution in [-0.4, -0.2) is 21.6 Å². The van der Waals surface area contributed by atoms with Crippen LogP contribution >= 0.6 is 0 Å². The number of nitrogens with zero attached hydrogens (tertiary/aromatic N) is 2. The first-order chi connectivity index (χ1) is 14.4. The highest BCUT2D eigenvalue weighted by Crippen LogP contribution is 2.15. The number of benzene rings is 2. The molecule has 3 rings (SSSR count). The summed E-state index contributed by atoms with van der Waals surface area (Å²) >= 11 is 0. The van der Waals surface area contributed by atoms with Crippen molar-refractivity contribution < 1.29 is 9.59 Å². The van der Waals surface area contributed by atoms with Gasteiger partial charge in [0.25, 0.3) is 11.5 Å². The molecular formula is C23H24N4O3. The number of carbonyl (C=O) groups excluding carboxylic acids is 2. The van der Waals surface area contributed by atoms with Gasteiger partial charge >= 0.3 is 0 Å². The van der Waals surface area contributed by atoms with Crippen molar-refractivity contribution in [3.05, 3.63) is 88.3 Å². The number of carbonyl (C=O) groups is 2. The molecule has 0 atom stereocenters. The van der Waals surface area contributed by atoms with Crippen molar-refractivity contribution >= 4 is 23.2 Å². The molecule has 154 valence electrons. The highest BCUT2D eigenvalue weighted by atomic mass is 16.2. The summed E-state index contributed by atoms with van der Waals surface area (Å²) in [6.45, 7) is 4.25. The molecule has 0 saturated carbocycles. The molecule has 7 nitrogen and oxygen atoms in total. The van der Waals surface area contributed by atoms with E-state index in [2.05, 4.69) is 15.7 Å². The second-order valence-corrected chi connectivity index (χ2v) is 7.38. The van der Waals surface area contributed by atoms with Crippen LogP contribution in [0.25, 0.3) is 0 Å². The van der Waals surface area contributed by atoms with Gasteiger partial charge in [-0.15, -0.1) is 0 Å². The molecule has 0 fully saturated rings. The van der Waals surface area contributed by atoms with Gasteiger partial charge in [-0.1, -0.05) is 44.2 Å². The minimum Gasteiger partial charge on any atom is -0.326 e. The fourth-order valence-electron chi connectivity index (χ4n) is 2.85. The first kappa shape index (κ1) is 21.0. The van der Waals surface area contributed by atoms with Gasteiger partial charge in [-0.25, -0.2) is 4.68 Å². The van der Waals surface area contributed by atoms with Gasteiger partial charge in [-0.05, 0) is 41.8 Å². The predicted octanol–water partition coefficient (Wildman–Crippen LogP) is 3.53. The minimum atomic E-state index is -0.423. The Morgan fingerprint density at radius 2 is 1.53 bits per heavy atom. The van der Waals surface area contributed by atoms with Crippen molar-refractivity contribution in [2.24, 2.45) is 5.92 Å². The Morgan fingerprint density at radius 3 is 2.17 bits per heavy atom. The Morgan fingerprint density at radius 1 is 0.900 bits per heavy atom. The molecule has 0 saturated heterocycles. The molecule has 0 radical (unpaired) electrons. The summed E-state index contributed by atoms with van der Waals surface area (Å²) in [5.41, 5.74) is 1.99. The van der Waals surface area contributed by atoms with E-state index >= 15 is 0 Å². The second-order valence-electron chi connectivity index (χ2n) is 7.38. The van der Waals surface area contributed by atoms with Crippen molar-refractivity contribution in [1.82, 2.24) is 9.78 Å². The van der Waals surface area contributed by atoms with Gasteiger partial charge < -0.3 is 10.6 Å². The average Bonchev–Trinajstić information content (AvgIpc) is 2.71. The summed E-state index contributed by atoms with van der Waals surface area (Å²) in [4.78, 5) is 36.5. The SMILES string of the molecule is CC(C)CC(=O)Nc1ccc(NC(=O)c2ccc(=O)n(Cc3ccccc3)n2)cc1. The third-order valence-corrected chi connectivity index (χ3v) is 4.29.